The summed E-state index contributed by atoms with van der Waals surface area (Å²) in [6.07, 6.45) is 5.20. The maximum atomic E-state index is 6.26. The Balaban J connectivity index is 1.63. The van der Waals surface area contributed by atoms with E-state index < -0.39 is 0 Å². The molecule has 5 aromatic rings. The van der Waals surface area contributed by atoms with E-state index in [2.05, 4.69) is 57.9 Å². The summed E-state index contributed by atoms with van der Waals surface area (Å²) in [6.45, 7) is 4.26. The molecular weight excluding hydrogens is 374 g/mol. The summed E-state index contributed by atoms with van der Waals surface area (Å²) >= 11 is 0. The maximum absolute atomic E-state index is 6.26. The van der Waals surface area contributed by atoms with Gasteiger partial charge in [-0.3, -0.25) is 4.90 Å². The van der Waals surface area contributed by atoms with Crippen LogP contribution >= 0.6 is 0 Å². The second kappa shape index (κ2) is 6.29. The molecule has 2 aromatic carbocycles. The van der Waals surface area contributed by atoms with Gasteiger partial charge >= 0.3 is 0 Å². The quantitative estimate of drug-likeness (QED) is 0.383. The van der Waals surface area contributed by atoms with E-state index in [-0.39, 0.29) is 6.17 Å². The molecule has 6 nitrogen and oxygen atoms in total. The van der Waals surface area contributed by atoms with Crippen LogP contribution in [0.25, 0.3) is 22.1 Å². The second-order valence-corrected chi connectivity index (χ2v) is 7.48. The van der Waals surface area contributed by atoms with Crippen molar-refractivity contribution in [3.63, 3.8) is 0 Å². The number of fused-ring (bicyclic) bond motifs is 4. The number of benzene rings is 2. The van der Waals surface area contributed by atoms with Gasteiger partial charge in [-0.2, -0.15) is 0 Å². The maximum Gasteiger partial charge on any atom is 0.227 e. The molecule has 1 atom stereocenters. The molecular formula is C24H19N5O. The highest BCUT2D eigenvalue weighted by Crippen LogP contribution is 2.48. The van der Waals surface area contributed by atoms with Crippen molar-refractivity contribution in [1.82, 2.24) is 15.0 Å². The number of anilines is 4. The first-order valence-electron chi connectivity index (χ1n) is 9.95. The van der Waals surface area contributed by atoms with Gasteiger partial charge in [-0.15, -0.1) is 0 Å². The van der Waals surface area contributed by atoms with Gasteiger partial charge < -0.3 is 9.32 Å². The van der Waals surface area contributed by atoms with Gasteiger partial charge in [0.05, 0.1) is 5.69 Å². The first-order chi connectivity index (χ1) is 14.7. The molecule has 6 heteroatoms. The number of aromatic nitrogens is 3. The van der Waals surface area contributed by atoms with Crippen molar-refractivity contribution in [3.8, 4) is 0 Å². The van der Waals surface area contributed by atoms with E-state index in [1.165, 1.54) is 0 Å². The van der Waals surface area contributed by atoms with Crippen LogP contribution in [0.15, 0.2) is 77.6 Å². The van der Waals surface area contributed by atoms with Gasteiger partial charge in [0.15, 0.2) is 17.2 Å². The molecule has 1 aliphatic rings. The van der Waals surface area contributed by atoms with Crippen molar-refractivity contribution in [2.45, 2.75) is 20.0 Å². The molecule has 30 heavy (non-hydrogen) atoms. The molecule has 6 rings (SSSR count). The molecule has 0 spiro atoms. The molecule has 0 fully saturated rings. The first kappa shape index (κ1) is 17.0. The van der Waals surface area contributed by atoms with E-state index in [1.807, 2.05) is 30.3 Å². The minimum absolute atomic E-state index is 0.0322. The van der Waals surface area contributed by atoms with E-state index in [0.29, 0.717) is 5.71 Å². The van der Waals surface area contributed by atoms with Crippen molar-refractivity contribution in [3.05, 3.63) is 78.8 Å². The Kier molecular flexibility index (Phi) is 3.56. The van der Waals surface area contributed by atoms with E-state index in [9.17, 15) is 0 Å². The number of furan rings is 1. The predicted octanol–water partition coefficient (Wildman–Crippen LogP) is 5.72. The van der Waals surface area contributed by atoms with Gasteiger partial charge in [0.2, 0.25) is 5.71 Å². The number of pyridine rings is 1. The molecule has 1 unspecified atom stereocenters. The predicted molar refractivity (Wildman–Crippen MR) is 118 cm³/mol. The summed E-state index contributed by atoms with van der Waals surface area (Å²) in [5.41, 5.74) is 4.65. The summed E-state index contributed by atoms with van der Waals surface area (Å²) < 4.78 is 6.26. The molecule has 146 valence electrons. The third-order valence-corrected chi connectivity index (χ3v) is 5.73. The lowest BCUT2D eigenvalue weighted by Crippen LogP contribution is -2.36. The van der Waals surface area contributed by atoms with Gasteiger partial charge in [-0.25, -0.2) is 15.0 Å². The number of nitrogens with zero attached hydrogens (tertiary/aromatic N) is 5. The van der Waals surface area contributed by atoms with Crippen LogP contribution in [0, 0.1) is 6.92 Å². The van der Waals surface area contributed by atoms with Crippen LogP contribution in [0.3, 0.4) is 0 Å². The molecule has 0 bridgehead atoms. The van der Waals surface area contributed by atoms with Crippen LogP contribution in [0.1, 0.15) is 12.5 Å². The van der Waals surface area contributed by atoms with Gasteiger partial charge in [-0.05, 0) is 43.7 Å². The molecule has 1 aliphatic heterocycles. The minimum atomic E-state index is -0.0322. The highest BCUT2D eigenvalue weighted by Gasteiger charge is 2.39. The van der Waals surface area contributed by atoms with Crippen molar-refractivity contribution in [2.24, 2.45) is 0 Å². The lowest BCUT2D eigenvalue weighted by Gasteiger charge is -2.30. The lowest BCUT2D eigenvalue weighted by atomic mass is 10.1. The van der Waals surface area contributed by atoms with Gasteiger partial charge in [0, 0.05) is 35.1 Å². The normalized spacial score (nSPS) is 15.9. The van der Waals surface area contributed by atoms with Gasteiger partial charge in [0.1, 0.15) is 6.17 Å². The van der Waals surface area contributed by atoms with Crippen LogP contribution in [-0.4, -0.2) is 21.1 Å². The first-order valence-corrected chi connectivity index (χ1v) is 9.95. The molecule has 0 amide bonds. The lowest BCUT2D eigenvalue weighted by molar-refractivity contribution is 0.649. The Morgan fingerprint density at radius 2 is 1.53 bits per heavy atom. The molecule has 4 heterocycles. The van der Waals surface area contributed by atoms with E-state index >= 15 is 0 Å². The topological polar surface area (TPSA) is 58.3 Å². The second-order valence-electron chi connectivity index (χ2n) is 7.48. The number of rotatable bonds is 2. The van der Waals surface area contributed by atoms with Crippen LogP contribution in [0.2, 0.25) is 0 Å². The third kappa shape index (κ3) is 2.27. The number of hydrogen-bond donors (Lipinski definition) is 0. The van der Waals surface area contributed by atoms with Crippen LogP contribution in [0.4, 0.5) is 23.0 Å². The molecule has 3 aromatic heterocycles. The highest BCUT2D eigenvalue weighted by atomic mass is 16.3. The number of aryl methyl sites for hydroxylation is 1. The molecule has 0 N–H and O–H groups in total. The summed E-state index contributed by atoms with van der Waals surface area (Å²) in [7, 11) is 0. The van der Waals surface area contributed by atoms with Gasteiger partial charge in [0.25, 0.3) is 0 Å². The Hall–Kier alpha value is -3.93. The Bertz CT molecular complexity index is 1400. The monoisotopic (exact) mass is 393 g/mol. The van der Waals surface area contributed by atoms with Crippen LogP contribution in [-0.2, 0) is 0 Å². The number of hydrogen-bond acceptors (Lipinski definition) is 6. The Morgan fingerprint density at radius 1 is 0.767 bits per heavy atom. The largest absolute Gasteiger partial charge is 0.435 e. The van der Waals surface area contributed by atoms with Crippen molar-refractivity contribution in [2.75, 3.05) is 9.80 Å². The van der Waals surface area contributed by atoms with E-state index in [0.717, 1.165) is 44.9 Å². The average Bonchev–Trinajstić information content (AvgIpc) is 3.29. The molecule has 0 aliphatic carbocycles. The van der Waals surface area contributed by atoms with Gasteiger partial charge in [-0.1, -0.05) is 30.3 Å². The summed E-state index contributed by atoms with van der Waals surface area (Å²) in [5.74, 6) is 1.65. The number of para-hydroxylation sites is 1. The fourth-order valence-electron chi connectivity index (χ4n) is 4.41. The molecule has 0 saturated carbocycles. The van der Waals surface area contributed by atoms with Crippen LogP contribution in [0.5, 0.6) is 0 Å². The van der Waals surface area contributed by atoms with Crippen LogP contribution < -0.4 is 9.80 Å². The highest BCUT2D eigenvalue weighted by molar-refractivity contribution is 6.09. The fourth-order valence-corrected chi connectivity index (χ4v) is 4.41. The van der Waals surface area contributed by atoms with Crippen molar-refractivity contribution in [1.29, 1.82) is 0 Å². The summed E-state index contributed by atoms with van der Waals surface area (Å²) in [5, 5.41) is 2.06. The summed E-state index contributed by atoms with van der Waals surface area (Å²) in [4.78, 5) is 18.2. The molecule has 0 saturated heterocycles. The zero-order valence-corrected chi connectivity index (χ0v) is 16.6. The average molecular weight is 393 g/mol. The van der Waals surface area contributed by atoms with E-state index in [4.69, 9.17) is 9.40 Å². The van der Waals surface area contributed by atoms with Crippen molar-refractivity contribution < 1.29 is 4.42 Å². The standard InChI is InChI=1S/C24H19N5O/c1-15-10-11-18-19-9-6-12-27-24(19)30-21(18)20(15)29-16(2)28(17-7-4-3-5-8-17)22-23(29)26-14-13-25-22/h3-14,16H,1-2H3. The summed E-state index contributed by atoms with van der Waals surface area (Å²) in [6, 6.07) is 18.5. The Labute approximate surface area is 173 Å². The van der Waals surface area contributed by atoms with E-state index in [1.54, 1.807) is 18.6 Å². The molecule has 0 radical (unpaired) electrons. The smallest absolute Gasteiger partial charge is 0.227 e. The van der Waals surface area contributed by atoms with Crippen molar-refractivity contribution >= 4 is 45.1 Å². The fraction of sp³-hybridized carbons (Fsp3) is 0.125. The zero-order chi connectivity index (χ0) is 20.2. The zero-order valence-electron chi connectivity index (χ0n) is 16.6. The SMILES string of the molecule is Cc1ccc2c(oc3ncccc32)c1N1c2nccnc2N(c2ccccc2)C1C. The Morgan fingerprint density at radius 3 is 2.33 bits per heavy atom. The third-order valence-electron chi connectivity index (χ3n) is 5.73. The minimum Gasteiger partial charge on any atom is -0.435 e.